The highest BCUT2D eigenvalue weighted by Crippen LogP contribution is 2.24. The van der Waals surface area contributed by atoms with Crippen LogP contribution in [0.4, 0.5) is 0 Å². The van der Waals surface area contributed by atoms with Gasteiger partial charge in [-0.2, -0.15) is 0 Å². The largest absolute Gasteiger partial charge is 0.494 e. The van der Waals surface area contributed by atoms with Crippen molar-refractivity contribution in [3.05, 3.63) is 77.9 Å². The fraction of sp³-hybridized carbons (Fsp3) is 0.393. The number of unbranched alkanes of at least 4 members (excludes halogenated alkanes) is 2. The molecule has 1 aliphatic heterocycles. The lowest BCUT2D eigenvalue weighted by atomic mass is 10.1. The second kappa shape index (κ2) is 11.1. The molecule has 0 radical (unpaired) electrons. The molecule has 32 heavy (non-hydrogen) atoms. The van der Waals surface area contributed by atoms with Crippen molar-refractivity contribution < 1.29 is 9.53 Å². The van der Waals surface area contributed by atoms with Crippen LogP contribution >= 0.6 is 0 Å². The standard InChI is InChI=1S/C28H34N2O2/c1-22(31)29-27-15-16-30(21-27)20-24-11-12-26-19-28(14-13-25(26)18-24)32-17-7-3-6-10-23-8-4-2-5-9-23/h2,4-5,8-9,11-14,18-19,27H,3,6-7,10,15-17,20-21H2,1H3,(H,29,31)/t27-/m0/s1. The zero-order valence-electron chi connectivity index (χ0n) is 19.1. The Kier molecular flexibility index (Phi) is 7.78. The van der Waals surface area contributed by atoms with Gasteiger partial charge in [0.1, 0.15) is 5.75 Å². The number of ether oxygens (including phenoxy) is 1. The van der Waals surface area contributed by atoms with Gasteiger partial charge in [0.2, 0.25) is 5.91 Å². The van der Waals surface area contributed by atoms with Crippen molar-refractivity contribution in [1.82, 2.24) is 10.2 Å². The predicted molar refractivity (Wildman–Crippen MR) is 131 cm³/mol. The van der Waals surface area contributed by atoms with Gasteiger partial charge >= 0.3 is 0 Å². The number of aryl methyl sites for hydroxylation is 1. The average molecular weight is 431 g/mol. The van der Waals surface area contributed by atoms with Crippen molar-refractivity contribution in [1.29, 1.82) is 0 Å². The molecular formula is C28H34N2O2. The lowest BCUT2D eigenvalue weighted by Gasteiger charge is -2.17. The number of carbonyl (C=O) groups is 1. The predicted octanol–water partition coefficient (Wildman–Crippen LogP) is 5.34. The molecule has 0 aromatic heterocycles. The Bertz CT molecular complexity index is 1020. The second-order valence-corrected chi connectivity index (χ2v) is 8.91. The molecule has 0 unspecified atom stereocenters. The van der Waals surface area contributed by atoms with Gasteiger partial charge in [-0.3, -0.25) is 9.69 Å². The van der Waals surface area contributed by atoms with E-state index in [-0.39, 0.29) is 11.9 Å². The maximum absolute atomic E-state index is 11.3. The third kappa shape index (κ3) is 6.57. The van der Waals surface area contributed by atoms with E-state index in [1.54, 1.807) is 6.92 Å². The third-order valence-electron chi connectivity index (χ3n) is 6.18. The van der Waals surface area contributed by atoms with Crippen molar-refractivity contribution in [2.45, 2.75) is 51.6 Å². The Morgan fingerprint density at radius 1 is 0.969 bits per heavy atom. The molecule has 3 aromatic carbocycles. The van der Waals surface area contributed by atoms with E-state index in [4.69, 9.17) is 4.74 Å². The highest BCUT2D eigenvalue weighted by molar-refractivity contribution is 5.84. The van der Waals surface area contributed by atoms with Gasteiger partial charge in [0.05, 0.1) is 6.61 Å². The number of benzene rings is 3. The van der Waals surface area contributed by atoms with Crippen LogP contribution in [0.3, 0.4) is 0 Å². The summed E-state index contributed by atoms with van der Waals surface area (Å²) in [6, 6.07) is 24.0. The van der Waals surface area contributed by atoms with E-state index in [1.807, 2.05) is 0 Å². The van der Waals surface area contributed by atoms with Gasteiger partial charge in [-0.15, -0.1) is 0 Å². The minimum absolute atomic E-state index is 0.0627. The summed E-state index contributed by atoms with van der Waals surface area (Å²) in [6.45, 7) is 5.24. The number of amides is 1. The van der Waals surface area contributed by atoms with Crippen LogP contribution in [0.25, 0.3) is 10.8 Å². The van der Waals surface area contributed by atoms with E-state index in [1.165, 1.54) is 34.7 Å². The summed E-state index contributed by atoms with van der Waals surface area (Å²) in [5.74, 6) is 1.01. The number of hydrogen-bond donors (Lipinski definition) is 1. The Morgan fingerprint density at radius 2 is 1.78 bits per heavy atom. The van der Waals surface area contributed by atoms with Crippen LogP contribution < -0.4 is 10.1 Å². The minimum atomic E-state index is 0.0627. The first-order chi connectivity index (χ1) is 15.7. The van der Waals surface area contributed by atoms with Crippen LogP contribution in [0.15, 0.2) is 66.7 Å². The molecule has 0 bridgehead atoms. The summed E-state index contributed by atoms with van der Waals surface area (Å²) < 4.78 is 6.00. The molecule has 0 spiro atoms. The molecule has 1 N–H and O–H groups in total. The number of hydrogen-bond acceptors (Lipinski definition) is 3. The van der Waals surface area contributed by atoms with Gasteiger partial charge in [-0.25, -0.2) is 0 Å². The zero-order chi connectivity index (χ0) is 22.2. The number of carbonyl (C=O) groups excluding carboxylic acids is 1. The van der Waals surface area contributed by atoms with Crippen molar-refractivity contribution >= 4 is 16.7 Å². The average Bonchev–Trinajstić information content (AvgIpc) is 3.22. The fourth-order valence-corrected chi connectivity index (χ4v) is 4.54. The smallest absolute Gasteiger partial charge is 0.217 e. The minimum Gasteiger partial charge on any atom is -0.494 e. The van der Waals surface area contributed by atoms with Crippen LogP contribution in [0, 0.1) is 0 Å². The van der Waals surface area contributed by atoms with Crippen LogP contribution in [0.1, 0.15) is 43.7 Å². The maximum atomic E-state index is 11.3. The lowest BCUT2D eigenvalue weighted by Crippen LogP contribution is -2.35. The van der Waals surface area contributed by atoms with Crippen molar-refractivity contribution in [2.24, 2.45) is 0 Å². The molecule has 0 saturated carbocycles. The molecule has 1 saturated heterocycles. The van der Waals surface area contributed by atoms with E-state index in [0.717, 1.165) is 51.3 Å². The first-order valence-corrected chi connectivity index (χ1v) is 11.8. The summed E-state index contributed by atoms with van der Waals surface area (Å²) in [6.07, 6.45) is 5.64. The van der Waals surface area contributed by atoms with Crippen molar-refractivity contribution in [3.8, 4) is 5.75 Å². The van der Waals surface area contributed by atoms with Crippen LogP contribution in [-0.4, -0.2) is 36.5 Å². The number of likely N-dealkylation sites (tertiary alicyclic amines) is 1. The van der Waals surface area contributed by atoms with Gasteiger partial charge in [-0.1, -0.05) is 48.5 Å². The number of rotatable bonds is 10. The molecule has 4 nitrogen and oxygen atoms in total. The van der Waals surface area contributed by atoms with E-state index < -0.39 is 0 Å². The highest BCUT2D eigenvalue weighted by Gasteiger charge is 2.22. The molecule has 4 rings (SSSR count). The summed E-state index contributed by atoms with van der Waals surface area (Å²) in [7, 11) is 0. The Labute approximate surface area is 191 Å². The van der Waals surface area contributed by atoms with Gasteiger partial charge in [0.25, 0.3) is 0 Å². The molecule has 1 atom stereocenters. The molecule has 1 fully saturated rings. The van der Waals surface area contributed by atoms with E-state index in [0.29, 0.717) is 0 Å². The monoisotopic (exact) mass is 430 g/mol. The Balaban J connectivity index is 1.22. The Hall–Kier alpha value is -2.85. The zero-order valence-corrected chi connectivity index (χ0v) is 19.1. The molecule has 4 heteroatoms. The summed E-state index contributed by atoms with van der Waals surface area (Å²) in [4.78, 5) is 13.7. The highest BCUT2D eigenvalue weighted by atomic mass is 16.5. The summed E-state index contributed by atoms with van der Waals surface area (Å²) in [5.41, 5.74) is 2.73. The van der Waals surface area contributed by atoms with Gasteiger partial charge in [0, 0.05) is 32.6 Å². The van der Waals surface area contributed by atoms with Crippen molar-refractivity contribution in [3.63, 3.8) is 0 Å². The lowest BCUT2D eigenvalue weighted by molar-refractivity contribution is -0.119. The van der Waals surface area contributed by atoms with E-state index >= 15 is 0 Å². The molecule has 3 aromatic rings. The van der Waals surface area contributed by atoms with Gasteiger partial charge in [-0.05, 0) is 72.2 Å². The molecule has 168 valence electrons. The number of nitrogens with one attached hydrogen (secondary N) is 1. The summed E-state index contributed by atoms with van der Waals surface area (Å²) in [5, 5.41) is 5.50. The van der Waals surface area contributed by atoms with Crippen molar-refractivity contribution in [2.75, 3.05) is 19.7 Å². The molecule has 1 aliphatic rings. The fourth-order valence-electron chi connectivity index (χ4n) is 4.54. The second-order valence-electron chi connectivity index (χ2n) is 8.91. The topological polar surface area (TPSA) is 41.6 Å². The number of fused-ring (bicyclic) bond motifs is 1. The van der Waals surface area contributed by atoms with Gasteiger partial charge < -0.3 is 10.1 Å². The molecule has 1 heterocycles. The molecule has 0 aliphatic carbocycles. The van der Waals surface area contributed by atoms with Crippen LogP contribution in [0.2, 0.25) is 0 Å². The SMILES string of the molecule is CC(=O)N[C@H]1CCN(Cc2ccc3cc(OCCCCCc4ccccc4)ccc3c2)C1. The van der Waals surface area contributed by atoms with Crippen LogP contribution in [0.5, 0.6) is 5.75 Å². The Morgan fingerprint density at radius 3 is 2.62 bits per heavy atom. The van der Waals surface area contributed by atoms with E-state index in [9.17, 15) is 4.79 Å². The molecule has 1 amide bonds. The maximum Gasteiger partial charge on any atom is 0.217 e. The first-order valence-electron chi connectivity index (χ1n) is 11.8. The van der Waals surface area contributed by atoms with Crippen LogP contribution in [-0.2, 0) is 17.8 Å². The quantitative estimate of drug-likeness (QED) is 0.441. The number of nitrogens with zero attached hydrogens (tertiary/aromatic N) is 1. The molecular weight excluding hydrogens is 396 g/mol. The third-order valence-corrected chi connectivity index (χ3v) is 6.18. The first kappa shape index (κ1) is 22.3. The normalized spacial score (nSPS) is 16.3. The van der Waals surface area contributed by atoms with Gasteiger partial charge in [0.15, 0.2) is 0 Å². The van der Waals surface area contributed by atoms with E-state index in [2.05, 4.69) is 76.9 Å². The summed E-state index contributed by atoms with van der Waals surface area (Å²) >= 11 is 0.